The van der Waals surface area contributed by atoms with Gasteiger partial charge in [0.25, 0.3) is 0 Å². The van der Waals surface area contributed by atoms with Gasteiger partial charge in [0, 0.05) is 6.54 Å². The van der Waals surface area contributed by atoms with Gasteiger partial charge in [0.15, 0.2) is 0 Å². The SMILES string of the molecule is C=C(C)C=CCNC. The van der Waals surface area contributed by atoms with E-state index >= 15 is 0 Å². The van der Waals surface area contributed by atoms with Crippen LogP contribution in [0.4, 0.5) is 0 Å². The van der Waals surface area contributed by atoms with Crippen molar-refractivity contribution in [3.05, 3.63) is 24.3 Å². The summed E-state index contributed by atoms with van der Waals surface area (Å²) in [5, 5.41) is 3.00. The van der Waals surface area contributed by atoms with Crippen LogP contribution in [0.1, 0.15) is 6.92 Å². The van der Waals surface area contributed by atoms with Crippen LogP contribution in [0.25, 0.3) is 0 Å². The molecule has 0 aliphatic rings. The van der Waals surface area contributed by atoms with Gasteiger partial charge in [-0.2, -0.15) is 0 Å². The van der Waals surface area contributed by atoms with Crippen molar-refractivity contribution in [1.29, 1.82) is 0 Å². The predicted molar refractivity (Wildman–Crippen MR) is 37.9 cm³/mol. The second kappa shape index (κ2) is 4.60. The van der Waals surface area contributed by atoms with Crippen molar-refractivity contribution >= 4 is 0 Å². The summed E-state index contributed by atoms with van der Waals surface area (Å²) in [4.78, 5) is 0. The molecule has 46 valence electrons. The van der Waals surface area contributed by atoms with Crippen LogP contribution in [0.15, 0.2) is 24.3 Å². The highest BCUT2D eigenvalue weighted by Crippen LogP contribution is 1.85. The molecule has 1 N–H and O–H groups in total. The molecule has 0 unspecified atom stereocenters. The van der Waals surface area contributed by atoms with Gasteiger partial charge in [-0.1, -0.05) is 24.3 Å². The van der Waals surface area contributed by atoms with Gasteiger partial charge in [0.2, 0.25) is 0 Å². The summed E-state index contributed by atoms with van der Waals surface area (Å²) in [7, 11) is 1.92. The first-order valence-electron chi connectivity index (χ1n) is 2.74. The van der Waals surface area contributed by atoms with E-state index in [2.05, 4.69) is 11.9 Å². The quantitative estimate of drug-likeness (QED) is 0.542. The summed E-state index contributed by atoms with van der Waals surface area (Å²) >= 11 is 0. The molecule has 0 bridgehead atoms. The predicted octanol–water partition coefficient (Wildman–Crippen LogP) is 1.34. The molecule has 0 aliphatic carbocycles. The third-order valence-electron chi connectivity index (χ3n) is 0.724. The molecule has 0 radical (unpaired) electrons. The minimum absolute atomic E-state index is 0.923. The fraction of sp³-hybridized carbons (Fsp3) is 0.429. The van der Waals surface area contributed by atoms with Crippen molar-refractivity contribution in [2.75, 3.05) is 13.6 Å². The fourth-order valence-electron chi connectivity index (χ4n) is 0.378. The van der Waals surface area contributed by atoms with Gasteiger partial charge in [0.1, 0.15) is 0 Å². The van der Waals surface area contributed by atoms with E-state index in [1.165, 1.54) is 0 Å². The Balaban J connectivity index is 3.20. The topological polar surface area (TPSA) is 12.0 Å². The third kappa shape index (κ3) is 5.44. The lowest BCUT2D eigenvalue weighted by molar-refractivity contribution is 0.919. The van der Waals surface area contributed by atoms with Gasteiger partial charge in [-0.15, -0.1) is 0 Å². The highest BCUT2D eigenvalue weighted by atomic mass is 14.8. The minimum atomic E-state index is 0.923. The summed E-state index contributed by atoms with van der Waals surface area (Å²) in [6.45, 7) is 6.61. The number of hydrogen-bond donors (Lipinski definition) is 1. The normalized spacial score (nSPS) is 10.2. The number of likely N-dealkylation sites (N-methyl/N-ethyl adjacent to an activating group) is 1. The maximum Gasteiger partial charge on any atom is 0.0135 e. The molecule has 1 nitrogen and oxygen atoms in total. The second-order valence-electron chi connectivity index (χ2n) is 1.81. The molecule has 0 spiro atoms. The number of allylic oxidation sites excluding steroid dienone is 2. The average Bonchev–Trinajstić information content (AvgIpc) is 1.66. The van der Waals surface area contributed by atoms with Crippen molar-refractivity contribution in [3.8, 4) is 0 Å². The number of rotatable bonds is 3. The Bertz CT molecular complexity index is 92.6. The van der Waals surface area contributed by atoms with Crippen LogP contribution in [-0.4, -0.2) is 13.6 Å². The number of nitrogens with one attached hydrogen (secondary N) is 1. The first kappa shape index (κ1) is 7.44. The third-order valence-corrected chi connectivity index (χ3v) is 0.724. The summed E-state index contributed by atoms with van der Waals surface area (Å²) in [6, 6.07) is 0. The molecule has 0 rings (SSSR count). The van der Waals surface area contributed by atoms with Gasteiger partial charge in [0.05, 0.1) is 0 Å². The van der Waals surface area contributed by atoms with Crippen LogP contribution in [-0.2, 0) is 0 Å². The largest absolute Gasteiger partial charge is 0.316 e. The Morgan fingerprint density at radius 2 is 2.38 bits per heavy atom. The lowest BCUT2D eigenvalue weighted by Gasteiger charge is -1.86. The van der Waals surface area contributed by atoms with Crippen molar-refractivity contribution in [2.24, 2.45) is 0 Å². The summed E-state index contributed by atoms with van der Waals surface area (Å²) in [5.74, 6) is 0. The van der Waals surface area contributed by atoms with E-state index in [4.69, 9.17) is 0 Å². The van der Waals surface area contributed by atoms with Crippen molar-refractivity contribution in [3.63, 3.8) is 0 Å². The lowest BCUT2D eigenvalue weighted by atomic mass is 10.3. The van der Waals surface area contributed by atoms with Gasteiger partial charge in [-0.3, -0.25) is 0 Å². The molecule has 1 heteroatoms. The van der Waals surface area contributed by atoms with Gasteiger partial charge in [-0.25, -0.2) is 0 Å². The van der Waals surface area contributed by atoms with E-state index in [9.17, 15) is 0 Å². The molecular formula is C7H13N. The molecule has 0 saturated heterocycles. The molecule has 0 aliphatic heterocycles. The fourth-order valence-corrected chi connectivity index (χ4v) is 0.378. The highest BCUT2D eigenvalue weighted by Gasteiger charge is 1.70. The summed E-state index contributed by atoms with van der Waals surface area (Å²) < 4.78 is 0. The van der Waals surface area contributed by atoms with Crippen LogP contribution < -0.4 is 5.32 Å². The van der Waals surface area contributed by atoms with Crippen LogP contribution >= 0.6 is 0 Å². The summed E-state index contributed by atoms with van der Waals surface area (Å²) in [6.07, 6.45) is 4.04. The van der Waals surface area contributed by atoms with E-state index in [0.717, 1.165) is 12.1 Å². The van der Waals surface area contributed by atoms with Crippen molar-refractivity contribution in [2.45, 2.75) is 6.92 Å². The Kier molecular flexibility index (Phi) is 4.27. The Hall–Kier alpha value is -0.560. The maximum atomic E-state index is 3.71. The zero-order valence-corrected chi connectivity index (χ0v) is 5.57. The maximum absolute atomic E-state index is 3.71. The minimum Gasteiger partial charge on any atom is -0.316 e. The second-order valence-corrected chi connectivity index (χ2v) is 1.81. The Labute approximate surface area is 51.1 Å². The highest BCUT2D eigenvalue weighted by molar-refractivity contribution is 5.10. The van der Waals surface area contributed by atoms with E-state index in [1.54, 1.807) is 0 Å². The molecule has 0 aromatic rings. The summed E-state index contributed by atoms with van der Waals surface area (Å²) in [5.41, 5.74) is 1.10. The Morgan fingerprint density at radius 1 is 1.75 bits per heavy atom. The van der Waals surface area contributed by atoms with Gasteiger partial charge < -0.3 is 5.32 Å². The lowest BCUT2D eigenvalue weighted by Crippen LogP contribution is -2.03. The van der Waals surface area contributed by atoms with Crippen molar-refractivity contribution in [1.82, 2.24) is 5.32 Å². The van der Waals surface area contributed by atoms with Crippen LogP contribution in [0.2, 0.25) is 0 Å². The van der Waals surface area contributed by atoms with Crippen LogP contribution in [0.3, 0.4) is 0 Å². The van der Waals surface area contributed by atoms with E-state index in [-0.39, 0.29) is 0 Å². The molecule has 0 aromatic carbocycles. The number of hydrogen-bond acceptors (Lipinski definition) is 1. The van der Waals surface area contributed by atoms with E-state index in [0.29, 0.717) is 0 Å². The first-order chi connectivity index (χ1) is 3.77. The molecule has 0 saturated carbocycles. The molecule has 0 atom stereocenters. The molecule has 0 heterocycles. The van der Waals surface area contributed by atoms with Crippen LogP contribution in [0.5, 0.6) is 0 Å². The zero-order chi connectivity index (χ0) is 6.41. The van der Waals surface area contributed by atoms with Crippen molar-refractivity contribution < 1.29 is 0 Å². The molecule has 0 amide bonds. The standard InChI is InChI=1S/C7H13N/c1-7(2)5-4-6-8-3/h4-5,8H,1,6H2,2-3H3. The molecule has 0 aromatic heterocycles. The smallest absolute Gasteiger partial charge is 0.0135 e. The van der Waals surface area contributed by atoms with E-state index < -0.39 is 0 Å². The average molecular weight is 111 g/mol. The monoisotopic (exact) mass is 111 g/mol. The van der Waals surface area contributed by atoms with Gasteiger partial charge in [-0.05, 0) is 14.0 Å². The van der Waals surface area contributed by atoms with Gasteiger partial charge >= 0.3 is 0 Å². The molecule has 8 heavy (non-hydrogen) atoms. The zero-order valence-electron chi connectivity index (χ0n) is 5.57. The molecular weight excluding hydrogens is 98.1 g/mol. The Morgan fingerprint density at radius 3 is 2.75 bits per heavy atom. The first-order valence-corrected chi connectivity index (χ1v) is 2.74. The van der Waals surface area contributed by atoms with E-state index in [1.807, 2.05) is 26.1 Å². The van der Waals surface area contributed by atoms with Crippen LogP contribution in [0, 0.1) is 0 Å². The molecule has 0 fully saturated rings.